The van der Waals surface area contributed by atoms with Crippen molar-refractivity contribution in [2.24, 2.45) is 5.10 Å². The van der Waals surface area contributed by atoms with Crippen molar-refractivity contribution in [1.82, 2.24) is 5.01 Å². The Morgan fingerprint density at radius 2 is 1.68 bits per heavy atom. The SMILES string of the molecule is O=C1C(=O)N(CN2N=C(c3ccc(Br)cc3)C[C@H]2c2ccccc2Cl)c2ccccc21. The lowest BCUT2D eigenvalue weighted by atomic mass is 9.98. The van der Waals surface area contributed by atoms with E-state index < -0.39 is 11.7 Å². The van der Waals surface area contributed by atoms with Crippen molar-refractivity contribution >= 4 is 50.6 Å². The van der Waals surface area contributed by atoms with E-state index in [1.807, 2.05) is 59.6 Å². The maximum Gasteiger partial charge on any atom is 0.301 e. The summed E-state index contributed by atoms with van der Waals surface area (Å²) < 4.78 is 0.993. The zero-order valence-electron chi connectivity index (χ0n) is 16.3. The average Bonchev–Trinajstić information content (AvgIpc) is 3.30. The predicted octanol–water partition coefficient (Wildman–Crippen LogP) is 5.44. The molecule has 0 saturated heterocycles. The number of anilines is 1. The van der Waals surface area contributed by atoms with Gasteiger partial charge in [0, 0.05) is 15.9 Å². The first-order chi connectivity index (χ1) is 15.0. The molecule has 31 heavy (non-hydrogen) atoms. The van der Waals surface area contributed by atoms with E-state index in [-0.39, 0.29) is 12.7 Å². The number of para-hydroxylation sites is 1. The number of hydrogen-bond donors (Lipinski definition) is 0. The number of benzene rings is 3. The molecule has 1 amide bonds. The van der Waals surface area contributed by atoms with E-state index in [1.54, 1.807) is 18.2 Å². The van der Waals surface area contributed by atoms with Crippen LogP contribution in [0.25, 0.3) is 0 Å². The van der Waals surface area contributed by atoms with Crippen molar-refractivity contribution in [2.75, 3.05) is 11.6 Å². The summed E-state index contributed by atoms with van der Waals surface area (Å²) in [7, 11) is 0. The fourth-order valence-corrected chi connectivity index (χ4v) is 4.58. The number of amides is 1. The van der Waals surface area contributed by atoms with E-state index in [1.165, 1.54) is 4.90 Å². The van der Waals surface area contributed by atoms with Crippen LogP contribution >= 0.6 is 27.5 Å². The van der Waals surface area contributed by atoms with Gasteiger partial charge in [0.25, 0.3) is 5.78 Å². The molecule has 0 bridgehead atoms. The van der Waals surface area contributed by atoms with Gasteiger partial charge in [-0.1, -0.05) is 70.0 Å². The van der Waals surface area contributed by atoms with Crippen LogP contribution in [0.4, 0.5) is 5.69 Å². The van der Waals surface area contributed by atoms with Gasteiger partial charge in [-0.3, -0.25) is 19.5 Å². The Hall–Kier alpha value is -2.96. The molecule has 0 spiro atoms. The molecule has 0 N–H and O–H groups in total. The molecule has 0 radical (unpaired) electrons. The number of hydrazone groups is 1. The van der Waals surface area contributed by atoms with Crippen LogP contribution in [-0.4, -0.2) is 29.1 Å². The van der Waals surface area contributed by atoms with Gasteiger partial charge in [0.1, 0.15) is 6.67 Å². The Balaban J connectivity index is 1.53. The quantitative estimate of drug-likeness (QED) is 0.454. The molecule has 3 aromatic carbocycles. The number of carbonyl (C=O) groups is 2. The molecule has 0 saturated carbocycles. The first-order valence-corrected chi connectivity index (χ1v) is 11.0. The Morgan fingerprint density at radius 3 is 2.45 bits per heavy atom. The van der Waals surface area contributed by atoms with E-state index >= 15 is 0 Å². The van der Waals surface area contributed by atoms with Gasteiger partial charge >= 0.3 is 5.91 Å². The summed E-state index contributed by atoms with van der Waals surface area (Å²) in [5.74, 6) is -1.02. The van der Waals surface area contributed by atoms with Gasteiger partial charge in [-0.05, 0) is 41.5 Å². The van der Waals surface area contributed by atoms with Crippen molar-refractivity contribution in [2.45, 2.75) is 12.5 Å². The van der Waals surface area contributed by atoms with E-state index in [0.29, 0.717) is 22.7 Å². The van der Waals surface area contributed by atoms with Crippen LogP contribution in [0.1, 0.15) is 33.9 Å². The molecule has 0 aromatic heterocycles. The summed E-state index contributed by atoms with van der Waals surface area (Å²) in [4.78, 5) is 26.6. The molecule has 0 aliphatic carbocycles. The third kappa shape index (κ3) is 3.56. The molecule has 2 aliphatic rings. The Labute approximate surface area is 193 Å². The maximum atomic E-state index is 12.7. The van der Waals surface area contributed by atoms with Crippen molar-refractivity contribution in [3.8, 4) is 0 Å². The van der Waals surface area contributed by atoms with Gasteiger partial charge in [0.2, 0.25) is 0 Å². The van der Waals surface area contributed by atoms with E-state index in [4.69, 9.17) is 16.7 Å². The lowest BCUT2D eigenvalue weighted by Gasteiger charge is -2.29. The molecule has 1 atom stereocenters. The van der Waals surface area contributed by atoms with Crippen LogP contribution in [0, 0.1) is 0 Å². The molecular weight excluding hydrogens is 478 g/mol. The number of carbonyl (C=O) groups excluding carboxylic acids is 2. The fraction of sp³-hybridized carbons (Fsp3) is 0.125. The van der Waals surface area contributed by atoms with Crippen LogP contribution < -0.4 is 4.90 Å². The molecular formula is C24H17BrClN3O2. The molecule has 2 aliphatic heterocycles. The highest BCUT2D eigenvalue weighted by atomic mass is 79.9. The molecule has 7 heteroatoms. The zero-order valence-corrected chi connectivity index (χ0v) is 18.7. The largest absolute Gasteiger partial charge is 0.301 e. The third-order valence-electron chi connectivity index (χ3n) is 5.60. The molecule has 5 nitrogen and oxygen atoms in total. The highest BCUT2D eigenvalue weighted by molar-refractivity contribution is 9.10. The Bertz CT molecular complexity index is 1230. The minimum Gasteiger partial charge on any atom is -0.285 e. The van der Waals surface area contributed by atoms with E-state index in [2.05, 4.69) is 15.9 Å². The molecule has 5 rings (SSSR count). The number of nitrogens with zero attached hydrogens (tertiary/aromatic N) is 3. The number of hydrogen-bond acceptors (Lipinski definition) is 4. The number of halogens is 2. The van der Waals surface area contributed by atoms with Crippen molar-refractivity contribution < 1.29 is 9.59 Å². The van der Waals surface area contributed by atoms with Gasteiger partial charge < -0.3 is 0 Å². The minimum atomic E-state index is -0.536. The van der Waals surface area contributed by atoms with Crippen molar-refractivity contribution in [3.05, 3.63) is 99.0 Å². The van der Waals surface area contributed by atoms with Gasteiger partial charge in [-0.15, -0.1) is 0 Å². The third-order valence-corrected chi connectivity index (χ3v) is 6.48. The van der Waals surface area contributed by atoms with Crippen LogP contribution in [0.2, 0.25) is 5.02 Å². The summed E-state index contributed by atoms with van der Waals surface area (Å²) in [6, 6.07) is 22.5. The predicted molar refractivity (Wildman–Crippen MR) is 124 cm³/mol. The monoisotopic (exact) mass is 493 g/mol. The van der Waals surface area contributed by atoms with E-state index in [0.717, 1.165) is 21.3 Å². The molecule has 154 valence electrons. The maximum absolute atomic E-state index is 12.7. The van der Waals surface area contributed by atoms with Crippen LogP contribution in [-0.2, 0) is 4.79 Å². The normalized spacial score (nSPS) is 17.9. The van der Waals surface area contributed by atoms with E-state index in [9.17, 15) is 9.59 Å². The number of rotatable bonds is 4. The molecule has 0 fully saturated rings. The zero-order chi connectivity index (χ0) is 21.5. The molecule has 3 aromatic rings. The molecule has 0 unspecified atom stereocenters. The summed E-state index contributed by atoms with van der Waals surface area (Å²) in [6.07, 6.45) is 0.642. The second-order valence-electron chi connectivity index (χ2n) is 7.46. The van der Waals surface area contributed by atoms with Gasteiger partial charge in [0.05, 0.1) is 23.0 Å². The Morgan fingerprint density at radius 1 is 0.968 bits per heavy atom. The fourth-order valence-electron chi connectivity index (χ4n) is 4.05. The Kier molecular flexibility index (Phi) is 5.12. The van der Waals surface area contributed by atoms with Gasteiger partial charge in [-0.2, -0.15) is 5.10 Å². The van der Waals surface area contributed by atoms with Crippen LogP contribution in [0.5, 0.6) is 0 Å². The first kappa shape index (κ1) is 20.0. The average molecular weight is 495 g/mol. The molecule has 2 heterocycles. The van der Waals surface area contributed by atoms with Crippen molar-refractivity contribution in [3.63, 3.8) is 0 Å². The second kappa shape index (κ2) is 7.94. The number of ketones is 1. The van der Waals surface area contributed by atoms with Crippen LogP contribution in [0.15, 0.2) is 82.4 Å². The topological polar surface area (TPSA) is 53.0 Å². The van der Waals surface area contributed by atoms with Gasteiger partial charge in [-0.25, -0.2) is 0 Å². The highest BCUT2D eigenvalue weighted by Gasteiger charge is 2.39. The first-order valence-electron chi connectivity index (χ1n) is 9.82. The number of Topliss-reactive ketones (excluding diaryl/α,β-unsaturated/α-hetero) is 1. The van der Waals surface area contributed by atoms with Gasteiger partial charge in [0.15, 0.2) is 0 Å². The summed E-state index contributed by atoms with van der Waals surface area (Å²) in [5.41, 5.74) is 3.89. The smallest absolute Gasteiger partial charge is 0.285 e. The summed E-state index contributed by atoms with van der Waals surface area (Å²) in [5, 5.41) is 7.35. The summed E-state index contributed by atoms with van der Waals surface area (Å²) >= 11 is 9.98. The summed E-state index contributed by atoms with van der Waals surface area (Å²) in [6.45, 7) is 0.164. The minimum absolute atomic E-state index is 0.150. The lowest BCUT2D eigenvalue weighted by Crippen LogP contribution is -2.39. The lowest BCUT2D eigenvalue weighted by molar-refractivity contribution is -0.114. The van der Waals surface area contributed by atoms with Crippen molar-refractivity contribution in [1.29, 1.82) is 0 Å². The van der Waals surface area contributed by atoms with Crippen LogP contribution in [0.3, 0.4) is 0 Å². The second-order valence-corrected chi connectivity index (χ2v) is 8.78. The number of fused-ring (bicyclic) bond motifs is 1. The highest BCUT2D eigenvalue weighted by Crippen LogP contribution is 2.38. The standard InChI is InChI=1S/C24H17BrClN3O2/c25-16-11-9-15(10-12-16)20-13-22(17-5-1-3-7-19(17)26)29(27-20)14-28-21-8-4-2-6-18(21)23(30)24(28)31/h1-12,22H,13-14H2/t22-/m0/s1.